The molecule has 0 bridgehead atoms. The lowest BCUT2D eigenvalue weighted by Crippen LogP contribution is -2.65. The van der Waals surface area contributed by atoms with E-state index in [1.54, 1.807) is 12.1 Å². The number of nitrogens with one attached hydrogen (secondary N) is 3. The number of carbonyl (C=O) groups excluding carboxylic acids is 3. The molecule has 6 nitrogen and oxygen atoms in total. The average Bonchev–Trinajstić information content (AvgIpc) is 3.02. The molecule has 2 aliphatic carbocycles. The quantitative estimate of drug-likeness (QED) is 0.319. The zero-order valence-corrected chi connectivity index (χ0v) is 23.7. The summed E-state index contributed by atoms with van der Waals surface area (Å²) in [7, 11) is 0. The number of rotatable bonds is 9. The lowest BCUT2D eigenvalue weighted by Gasteiger charge is -2.44. The van der Waals surface area contributed by atoms with E-state index in [0.717, 1.165) is 56.1 Å². The van der Waals surface area contributed by atoms with Gasteiger partial charge in [0.2, 0.25) is 11.8 Å². The van der Waals surface area contributed by atoms with Gasteiger partial charge < -0.3 is 16.0 Å². The van der Waals surface area contributed by atoms with Gasteiger partial charge in [0.05, 0.1) is 0 Å². The Morgan fingerprint density at radius 1 is 0.732 bits per heavy atom. The second kappa shape index (κ2) is 13.6. The topological polar surface area (TPSA) is 87.3 Å². The molecule has 3 N–H and O–H groups in total. The number of benzene rings is 3. The monoisotopic (exact) mass is 551 g/mol. The lowest BCUT2D eigenvalue weighted by atomic mass is 9.68. The van der Waals surface area contributed by atoms with Crippen LogP contribution in [0.15, 0.2) is 91.0 Å². The molecule has 0 saturated heterocycles. The Bertz CT molecular complexity index is 1290. The first-order valence-electron chi connectivity index (χ1n) is 15.1. The molecule has 0 aromatic heterocycles. The average molecular weight is 552 g/mol. The molecule has 0 radical (unpaired) electrons. The van der Waals surface area contributed by atoms with E-state index in [4.69, 9.17) is 0 Å². The number of hydrogen-bond acceptors (Lipinski definition) is 3. The van der Waals surface area contributed by atoms with Gasteiger partial charge in [-0.2, -0.15) is 0 Å². The third-order valence-electron chi connectivity index (χ3n) is 8.74. The zero-order valence-electron chi connectivity index (χ0n) is 23.7. The van der Waals surface area contributed by atoms with Crippen LogP contribution in [0.1, 0.15) is 85.2 Å². The third-order valence-corrected chi connectivity index (χ3v) is 8.74. The molecule has 41 heavy (non-hydrogen) atoms. The van der Waals surface area contributed by atoms with Crippen molar-refractivity contribution in [2.24, 2.45) is 0 Å². The maximum atomic E-state index is 14.6. The summed E-state index contributed by atoms with van der Waals surface area (Å²) in [4.78, 5) is 41.9. The Morgan fingerprint density at radius 2 is 1.34 bits per heavy atom. The highest BCUT2D eigenvalue weighted by atomic mass is 16.2. The summed E-state index contributed by atoms with van der Waals surface area (Å²) in [6, 6.07) is 28.2. The number of amides is 3. The Labute approximate surface area is 243 Å². The molecule has 214 valence electrons. The van der Waals surface area contributed by atoms with Crippen molar-refractivity contribution in [3.05, 3.63) is 108 Å². The van der Waals surface area contributed by atoms with Crippen molar-refractivity contribution in [2.45, 2.75) is 87.7 Å². The van der Waals surface area contributed by atoms with Gasteiger partial charge in [0.25, 0.3) is 5.91 Å². The number of carbonyl (C=O) groups is 3. The van der Waals surface area contributed by atoms with E-state index in [-0.39, 0.29) is 29.7 Å². The first kappa shape index (κ1) is 28.6. The van der Waals surface area contributed by atoms with Crippen molar-refractivity contribution < 1.29 is 14.4 Å². The molecule has 0 heterocycles. The van der Waals surface area contributed by atoms with Gasteiger partial charge >= 0.3 is 0 Å². The molecule has 3 amide bonds. The van der Waals surface area contributed by atoms with Crippen LogP contribution < -0.4 is 16.0 Å². The second-order valence-electron chi connectivity index (χ2n) is 11.6. The molecule has 5 rings (SSSR count). The van der Waals surface area contributed by atoms with Crippen LogP contribution in [-0.4, -0.2) is 35.3 Å². The maximum Gasteiger partial charge on any atom is 0.252 e. The standard InChI is InChI=1S/C35H41N3O3/c39-32(28-19-9-3-10-20-28)38-35(24-14-13-23-30(35)27-17-7-2-8-18-27)34(41)37-31(25-26-15-5-1-6-16-26)33(40)36-29-21-11-4-12-22-29/h1-3,5-10,15-20,29-31H,4,11-14,21-25H2,(H,36,40)(H,37,41)(H,38,39)/t30-,31+,35?/m1/s1. The SMILES string of the molecule is O=C(NC1(C(=O)N[C@@H](Cc2ccccc2)C(=O)NC2CCCCC2)CCCC[C@@H]1c1ccccc1)c1ccccc1. The van der Waals surface area contributed by atoms with Crippen LogP contribution in [0.2, 0.25) is 0 Å². The fourth-order valence-corrected chi connectivity index (χ4v) is 6.55. The second-order valence-corrected chi connectivity index (χ2v) is 11.6. The molecule has 2 fully saturated rings. The van der Waals surface area contributed by atoms with E-state index < -0.39 is 11.6 Å². The van der Waals surface area contributed by atoms with Crippen LogP contribution >= 0.6 is 0 Å². The van der Waals surface area contributed by atoms with Gasteiger partial charge in [-0.05, 0) is 48.9 Å². The molecule has 3 aromatic rings. The Hall–Kier alpha value is -3.93. The summed E-state index contributed by atoms with van der Waals surface area (Å²) in [5.41, 5.74) is 1.31. The predicted molar refractivity (Wildman–Crippen MR) is 161 cm³/mol. The van der Waals surface area contributed by atoms with Gasteiger partial charge in [-0.25, -0.2) is 0 Å². The summed E-state index contributed by atoms with van der Waals surface area (Å²) >= 11 is 0. The van der Waals surface area contributed by atoms with Gasteiger partial charge in [0, 0.05) is 23.9 Å². The molecule has 1 unspecified atom stereocenters. The molecule has 3 atom stereocenters. The summed E-state index contributed by atoms with van der Waals surface area (Å²) in [5.74, 6) is -0.959. The van der Waals surface area contributed by atoms with Crippen LogP contribution in [0, 0.1) is 0 Å². The highest BCUT2D eigenvalue weighted by Gasteiger charge is 2.49. The number of hydrogen-bond donors (Lipinski definition) is 3. The van der Waals surface area contributed by atoms with Gasteiger partial charge in [-0.1, -0.05) is 111 Å². The highest BCUT2D eigenvalue weighted by molar-refractivity contribution is 6.01. The van der Waals surface area contributed by atoms with Crippen molar-refractivity contribution in [2.75, 3.05) is 0 Å². The van der Waals surface area contributed by atoms with Crippen LogP contribution in [0.5, 0.6) is 0 Å². The van der Waals surface area contributed by atoms with Crippen LogP contribution in [0.4, 0.5) is 0 Å². The smallest absolute Gasteiger partial charge is 0.252 e. The predicted octanol–water partition coefficient (Wildman–Crippen LogP) is 5.69. The van der Waals surface area contributed by atoms with E-state index in [1.807, 2.05) is 78.9 Å². The summed E-state index contributed by atoms with van der Waals surface area (Å²) in [6.45, 7) is 0. The van der Waals surface area contributed by atoms with Crippen molar-refractivity contribution in [3.8, 4) is 0 Å². The molecule has 2 aliphatic rings. The van der Waals surface area contributed by atoms with Crippen molar-refractivity contribution in [1.82, 2.24) is 16.0 Å². The largest absolute Gasteiger partial charge is 0.352 e. The Kier molecular flexibility index (Phi) is 9.50. The zero-order chi connectivity index (χ0) is 28.5. The van der Waals surface area contributed by atoms with E-state index in [1.165, 1.54) is 6.42 Å². The maximum absolute atomic E-state index is 14.6. The van der Waals surface area contributed by atoms with Crippen molar-refractivity contribution in [3.63, 3.8) is 0 Å². The van der Waals surface area contributed by atoms with Crippen LogP contribution in [0.25, 0.3) is 0 Å². The van der Waals surface area contributed by atoms with Crippen LogP contribution in [-0.2, 0) is 16.0 Å². The molecule has 0 aliphatic heterocycles. The van der Waals surface area contributed by atoms with E-state index in [9.17, 15) is 14.4 Å². The Balaban J connectivity index is 1.47. The summed E-state index contributed by atoms with van der Waals surface area (Å²) < 4.78 is 0. The Morgan fingerprint density at radius 3 is 2.02 bits per heavy atom. The van der Waals surface area contributed by atoms with Crippen LogP contribution in [0.3, 0.4) is 0 Å². The molecular formula is C35H41N3O3. The van der Waals surface area contributed by atoms with Crippen molar-refractivity contribution in [1.29, 1.82) is 0 Å². The first-order chi connectivity index (χ1) is 20.0. The van der Waals surface area contributed by atoms with E-state index in [0.29, 0.717) is 18.4 Å². The minimum absolute atomic E-state index is 0.130. The third kappa shape index (κ3) is 7.05. The highest BCUT2D eigenvalue weighted by Crippen LogP contribution is 2.41. The van der Waals surface area contributed by atoms with E-state index >= 15 is 0 Å². The normalized spacial score (nSPS) is 21.8. The van der Waals surface area contributed by atoms with Gasteiger partial charge in [0.15, 0.2) is 0 Å². The molecule has 0 spiro atoms. The van der Waals surface area contributed by atoms with Crippen molar-refractivity contribution >= 4 is 17.7 Å². The fourth-order valence-electron chi connectivity index (χ4n) is 6.55. The van der Waals surface area contributed by atoms with Gasteiger partial charge in [-0.15, -0.1) is 0 Å². The minimum atomic E-state index is -1.19. The fraction of sp³-hybridized carbons (Fsp3) is 0.400. The van der Waals surface area contributed by atoms with Gasteiger partial charge in [-0.3, -0.25) is 14.4 Å². The molecule has 2 saturated carbocycles. The lowest BCUT2D eigenvalue weighted by molar-refractivity contribution is -0.134. The summed E-state index contributed by atoms with van der Waals surface area (Å²) in [6.07, 6.45) is 8.75. The molecule has 6 heteroatoms. The molecular weight excluding hydrogens is 510 g/mol. The first-order valence-corrected chi connectivity index (χ1v) is 15.1. The van der Waals surface area contributed by atoms with E-state index in [2.05, 4.69) is 16.0 Å². The molecule has 3 aromatic carbocycles. The minimum Gasteiger partial charge on any atom is -0.352 e. The summed E-state index contributed by atoms with van der Waals surface area (Å²) in [5, 5.41) is 9.59. The van der Waals surface area contributed by atoms with Gasteiger partial charge in [0.1, 0.15) is 11.6 Å².